The van der Waals surface area contributed by atoms with E-state index < -0.39 is 5.97 Å². The van der Waals surface area contributed by atoms with Gasteiger partial charge in [-0.15, -0.1) is 0 Å². The largest absolute Gasteiger partial charge is 0.481 e. The van der Waals surface area contributed by atoms with Gasteiger partial charge in [0.25, 0.3) is 0 Å². The maximum absolute atomic E-state index is 12.0. The topological polar surface area (TPSA) is 144 Å². The molecule has 1 radical (unpaired) electrons. The zero-order valence-electron chi connectivity index (χ0n) is 18.0. The summed E-state index contributed by atoms with van der Waals surface area (Å²) in [6.45, 7) is 0. The molecule has 0 fully saturated rings. The fourth-order valence-corrected chi connectivity index (χ4v) is 2.37. The molecular formula is C19H18N4NaO8. The van der Waals surface area contributed by atoms with Crippen LogP contribution in [0.5, 0.6) is 47.0 Å². The molecule has 0 unspecified atom stereocenters. The third kappa shape index (κ3) is 5.87. The van der Waals surface area contributed by atoms with Gasteiger partial charge in [0.05, 0.1) is 40.6 Å². The Morgan fingerprint density at radius 1 is 0.719 bits per heavy atom. The summed E-state index contributed by atoms with van der Waals surface area (Å²) >= 11 is 0. The maximum atomic E-state index is 12.0. The summed E-state index contributed by atoms with van der Waals surface area (Å²) in [5.41, 5.74) is -0.307. The standard InChI is InChI=1S/C19H18N4O8.Na/c1-26-12-8-13(27-2)21-18(20-12)30-10-6-5-7-11(16(10)17(24)25)31-19-22-14(28-3)9-15(23-19)29-4;/h5-9H,1-4H3,(H,24,25);. The van der Waals surface area contributed by atoms with Gasteiger partial charge in [-0.3, -0.25) is 0 Å². The normalized spacial score (nSPS) is 9.88. The number of rotatable bonds is 9. The van der Waals surface area contributed by atoms with E-state index in [0.29, 0.717) is 0 Å². The molecule has 13 heteroatoms. The van der Waals surface area contributed by atoms with Crippen molar-refractivity contribution in [3.8, 4) is 47.0 Å². The van der Waals surface area contributed by atoms with Crippen LogP contribution in [0.4, 0.5) is 0 Å². The zero-order chi connectivity index (χ0) is 22.4. The number of methoxy groups -OCH3 is 4. The van der Waals surface area contributed by atoms with Crippen LogP contribution in [0, 0.1) is 0 Å². The molecule has 2 heterocycles. The van der Waals surface area contributed by atoms with Crippen molar-refractivity contribution in [1.29, 1.82) is 0 Å². The molecule has 1 aromatic carbocycles. The average Bonchev–Trinajstić information content (AvgIpc) is 2.78. The van der Waals surface area contributed by atoms with Gasteiger partial charge < -0.3 is 33.5 Å². The molecule has 0 bridgehead atoms. The molecule has 3 aromatic rings. The van der Waals surface area contributed by atoms with Crippen LogP contribution in [0.3, 0.4) is 0 Å². The smallest absolute Gasteiger partial charge is 0.343 e. The quantitative estimate of drug-likeness (QED) is 0.474. The molecule has 0 spiro atoms. The van der Waals surface area contributed by atoms with E-state index in [0.717, 1.165) is 0 Å². The summed E-state index contributed by atoms with van der Waals surface area (Å²) in [7, 11) is 5.63. The Labute approximate surface area is 204 Å². The third-order valence-corrected chi connectivity index (χ3v) is 3.76. The second-order valence-electron chi connectivity index (χ2n) is 5.61. The van der Waals surface area contributed by atoms with Crippen LogP contribution >= 0.6 is 0 Å². The number of nitrogens with zero attached hydrogens (tertiary/aromatic N) is 4. The van der Waals surface area contributed by atoms with E-state index in [1.807, 2.05) is 0 Å². The van der Waals surface area contributed by atoms with Gasteiger partial charge in [0.15, 0.2) is 0 Å². The summed E-state index contributed by atoms with van der Waals surface area (Å²) in [4.78, 5) is 28.1. The molecule has 1 N–H and O–H groups in total. The van der Waals surface area contributed by atoms with E-state index in [1.165, 1.54) is 58.8 Å². The number of carbonyl (C=O) groups is 1. The first-order chi connectivity index (χ1) is 15.0. The molecule has 0 aliphatic rings. The van der Waals surface area contributed by atoms with E-state index >= 15 is 0 Å². The van der Waals surface area contributed by atoms with Gasteiger partial charge in [-0.1, -0.05) is 6.07 Å². The monoisotopic (exact) mass is 453 g/mol. The van der Waals surface area contributed by atoms with Crippen LogP contribution < -0.4 is 28.4 Å². The third-order valence-electron chi connectivity index (χ3n) is 3.76. The molecule has 0 saturated heterocycles. The van der Waals surface area contributed by atoms with Crippen molar-refractivity contribution in [2.24, 2.45) is 0 Å². The van der Waals surface area contributed by atoms with Crippen molar-refractivity contribution in [2.75, 3.05) is 28.4 Å². The Kier molecular flexibility index (Phi) is 8.81. The molecule has 3 rings (SSSR count). The molecule has 2 aromatic heterocycles. The average molecular weight is 453 g/mol. The number of aromatic carboxylic acids is 1. The van der Waals surface area contributed by atoms with Gasteiger partial charge >= 0.3 is 18.0 Å². The van der Waals surface area contributed by atoms with E-state index in [9.17, 15) is 9.90 Å². The van der Waals surface area contributed by atoms with Crippen molar-refractivity contribution in [3.05, 3.63) is 35.9 Å². The number of ether oxygens (including phenoxy) is 6. The molecule has 163 valence electrons. The first-order valence-electron chi connectivity index (χ1n) is 8.63. The number of hydrogen-bond donors (Lipinski definition) is 1. The van der Waals surface area contributed by atoms with Crippen LogP contribution in [0.2, 0.25) is 0 Å². The van der Waals surface area contributed by atoms with E-state index in [1.54, 1.807) is 0 Å². The molecule has 32 heavy (non-hydrogen) atoms. The Morgan fingerprint density at radius 3 is 1.34 bits per heavy atom. The van der Waals surface area contributed by atoms with Crippen molar-refractivity contribution in [3.63, 3.8) is 0 Å². The van der Waals surface area contributed by atoms with E-state index in [2.05, 4.69) is 19.9 Å². The number of carboxylic acid groups (broad SMARTS) is 1. The number of benzene rings is 1. The summed E-state index contributed by atoms with van der Waals surface area (Å²) in [5, 5.41) is 9.77. The predicted molar refractivity (Wildman–Crippen MR) is 110 cm³/mol. The number of hydrogen-bond acceptors (Lipinski definition) is 11. The summed E-state index contributed by atoms with van der Waals surface area (Å²) < 4.78 is 31.4. The van der Waals surface area contributed by atoms with Crippen molar-refractivity contribution >= 4 is 35.5 Å². The first kappa shape index (κ1) is 24.9. The van der Waals surface area contributed by atoms with Crippen molar-refractivity contribution in [2.45, 2.75) is 0 Å². The number of aromatic nitrogens is 4. The molecule has 0 amide bonds. The summed E-state index contributed by atoms with van der Waals surface area (Å²) in [6.07, 6.45) is 0. The summed E-state index contributed by atoms with van der Waals surface area (Å²) in [6, 6.07) is 6.87. The van der Waals surface area contributed by atoms with Gasteiger partial charge in [0, 0.05) is 29.6 Å². The molecule has 12 nitrogen and oxygen atoms in total. The minimum absolute atomic E-state index is 0. The van der Waals surface area contributed by atoms with E-state index in [-0.39, 0.29) is 82.2 Å². The predicted octanol–water partition coefficient (Wildman–Crippen LogP) is 2.20. The van der Waals surface area contributed by atoms with Crippen LogP contribution in [-0.4, -0.2) is 89.0 Å². The van der Waals surface area contributed by atoms with Gasteiger partial charge in [-0.25, -0.2) is 4.79 Å². The van der Waals surface area contributed by atoms with Gasteiger partial charge in [0.2, 0.25) is 23.5 Å². The Morgan fingerprint density at radius 2 is 1.06 bits per heavy atom. The van der Waals surface area contributed by atoms with Crippen molar-refractivity contribution < 1.29 is 38.3 Å². The second kappa shape index (κ2) is 11.3. The molecule has 0 atom stereocenters. The molecule has 0 aliphatic heterocycles. The van der Waals surface area contributed by atoms with Crippen LogP contribution in [0.25, 0.3) is 0 Å². The second-order valence-corrected chi connectivity index (χ2v) is 5.61. The van der Waals surface area contributed by atoms with Crippen LogP contribution in [0.1, 0.15) is 10.4 Å². The zero-order valence-corrected chi connectivity index (χ0v) is 20.0. The van der Waals surface area contributed by atoms with Crippen molar-refractivity contribution in [1.82, 2.24) is 19.9 Å². The Hall–Kier alpha value is -3.35. The Balaban J connectivity index is 0.00000363. The first-order valence-corrected chi connectivity index (χ1v) is 8.63. The van der Waals surface area contributed by atoms with Gasteiger partial charge in [-0.05, 0) is 12.1 Å². The van der Waals surface area contributed by atoms with Crippen LogP contribution in [-0.2, 0) is 0 Å². The molecule has 0 saturated carbocycles. The molecule has 0 aliphatic carbocycles. The minimum atomic E-state index is -1.32. The molecular weight excluding hydrogens is 435 g/mol. The van der Waals surface area contributed by atoms with E-state index in [4.69, 9.17) is 28.4 Å². The summed E-state index contributed by atoms with van der Waals surface area (Å²) in [5.74, 6) is -0.822. The van der Waals surface area contributed by atoms with Gasteiger partial charge in [0.1, 0.15) is 17.1 Å². The van der Waals surface area contributed by atoms with Gasteiger partial charge in [-0.2, -0.15) is 19.9 Å². The maximum Gasteiger partial charge on any atom is 0.343 e. The Bertz CT molecular complexity index is 979. The fourth-order valence-electron chi connectivity index (χ4n) is 2.37. The van der Waals surface area contributed by atoms with Crippen LogP contribution in [0.15, 0.2) is 30.3 Å². The SMILES string of the molecule is COc1cc(OC)nc(Oc2cccc(Oc3nc(OC)cc(OC)n3)c2C(=O)O)n1.[Na]. The fraction of sp³-hybridized carbons (Fsp3) is 0.211. The number of carboxylic acids is 1. The minimum Gasteiger partial charge on any atom is -0.481 e.